The molecular weight excluding hydrogens is 156 g/mol. The summed E-state index contributed by atoms with van der Waals surface area (Å²) < 4.78 is 4.93. The number of rotatable bonds is 3. The molecule has 0 atom stereocenters. The highest BCUT2D eigenvalue weighted by molar-refractivity contribution is 6.14. The molecule has 3 heteroatoms. The van der Waals surface area contributed by atoms with E-state index in [0.29, 0.717) is 5.56 Å². The van der Waals surface area contributed by atoms with E-state index in [2.05, 4.69) is 13.2 Å². The highest BCUT2D eigenvalue weighted by Crippen LogP contribution is 2.19. The number of hydrogen-bond donors (Lipinski definition) is 1. The van der Waals surface area contributed by atoms with Gasteiger partial charge in [0.2, 0.25) is 0 Å². The molecule has 0 saturated heterocycles. The first kappa shape index (κ1) is 8.33. The standard InChI is InChI=1S/C9H8O3/c1-3-7-4-5-12-8(7)6(2)9(10)11/h3-5H,1-2H2,(H,10,11). The molecule has 1 heterocycles. The molecule has 0 saturated carbocycles. The van der Waals surface area contributed by atoms with Crippen LogP contribution in [0.5, 0.6) is 0 Å². The fraction of sp³-hybridized carbons (Fsp3) is 0. The minimum Gasteiger partial charge on any atom is -0.478 e. The molecule has 12 heavy (non-hydrogen) atoms. The molecule has 1 aromatic heterocycles. The van der Waals surface area contributed by atoms with Crippen LogP contribution in [0.4, 0.5) is 0 Å². The summed E-state index contributed by atoms with van der Waals surface area (Å²) >= 11 is 0. The second-order valence-corrected chi connectivity index (χ2v) is 2.19. The van der Waals surface area contributed by atoms with Crippen LogP contribution in [0.25, 0.3) is 11.6 Å². The number of furan rings is 1. The first-order chi connectivity index (χ1) is 5.66. The van der Waals surface area contributed by atoms with Crippen LogP contribution < -0.4 is 0 Å². The molecule has 0 aliphatic carbocycles. The maximum atomic E-state index is 10.5. The van der Waals surface area contributed by atoms with Crippen molar-refractivity contribution in [1.29, 1.82) is 0 Å². The normalized spacial score (nSPS) is 9.33. The van der Waals surface area contributed by atoms with Gasteiger partial charge in [0.05, 0.1) is 11.8 Å². The van der Waals surface area contributed by atoms with Gasteiger partial charge in [-0.3, -0.25) is 0 Å². The van der Waals surface area contributed by atoms with Gasteiger partial charge in [0, 0.05) is 5.56 Å². The van der Waals surface area contributed by atoms with E-state index in [1.54, 1.807) is 6.07 Å². The van der Waals surface area contributed by atoms with Crippen LogP contribution in [-0.2, 0) is 4.79 Å². The molecule has 0 aromatic carbocycles. The summed E-state index contributed by atoms with van der Waals surface area (Å²) in [6, 6.07) is 1.64. The summed E-state index contributed by atoms with van der Waals surface area (Å²) in [5, 5.41) is 8.58. The summed E-state index contributed by atoms with van der Waals surface area (Å²) in [5.41, 5.74) is 0.581. The molecule has 0 radical (unpaired) electrons. The SMILES string of the molecule is C=Cc1ccoc1C(=C)C(=O)O. The van der Waals surface area contributed by atoms with Crippen molar-refractivity contribution in [2.75, 3.05) is 0 Å². The van der Waals surface area contributed by atoms with Gasteiger partial charge < -0.3 is 9.52 Å². The van der Waals surface area contributed by atoms with E-state index in [1.807, 2.05) is 0 Å². The molecule has 0 aliphatic heterocycles. The molecule has 0 bridgehead atoms. The lowest BCUT2D eigenvalue weighted by Gasteiger charge is -1.95. The second-order valence-electron chi connectivity index (χ2n) is 2.19. The Balaban J connectivity index is 3.10. The molecule has 62 valence electrons. The van der Waals surface area contributed by atoms with Crippen LogP contribution in [0.2, 0.25) is 0 Å². The summed E-state index contributed by atoms with van der Waals surface area (Å²) in [7, 11) is 0. The van der Waals surface area contributed by atoms with E-state index >= 15 is 0 Å². The van der Waals surface area contributed by atoms with Crippen molar-refractivity contribution in [3.8, 4) is 0 Å². The van der Waals surface area contributed by atoms with Crippen molar-refractivity contribution in [2.24, 2.45) is 0 Å². The first-order valence-electron chi connectivity index (χ1n) is 3.29. The van der Waals surface area contributed by atoms with Crippen molar-refractivity contribution in [3.63, 3.8) is 0 Å². The molecule has 1 N–H and O–H groups in total. The molecule has 1 rings (SSSR count). The monoisotopic (exact) mass is 164 g/mol. The largest absolute Gasteiger partial charge is 0.478 e. The third-order valence-corrected chi connectivity index (χ3v) is 1.45. The van der Waals surface area contributed by atoms with Crippen LogP contribution >= 0.6 is 0 Å². The summed E-state index contributed by atoms with van der Waals surface area (Å²) in [6.07, 6.45) is 2.92. The van der Waals surface area contributed by atoms with Gasteiger partial charge in [0.25, 0.3) is 0 Å². The van der Waals surface area contributed by atoms with Gasteiger partial charge in [-0.25, -0.2) is 4.79 Å². The van der Waals surface area contributed by atoms with Gasteiger partial charge in [-0.2, -0.15) is 0 Å². The quantitative estimate of drug-likeness (QED) is 0.695. The fourth-order valence-electron chi connectivity index (χ4n) is 0.822. The van der Waals surface area contributed by atoms with E-state index in [-0.39, 0.29) is 11.3 Å². The van der Waals surface area contributed by atoms with Crippen molar-refractivity contribution >= 4 is 17.6 Å². The van der Waals surface area contributed by atoms with Crippen molar-refractivity contribution < 1.29 is 14.3 Å². The van der Waals surface area contributed by atoms with Gasteiger partial charge in [-0.1, -0.05) is 19.2 Å². The van der Waals surface area contributed by atoms with Gasteiger partial charge in [-0.15, -0.1) is 0 Å². The number of carboxylic acids is 1. The van der Waals surface area contributed by atoms with Crippen molar-refractivity contribution in [2.45, 2.75) is 0 Å². The van der Waals surface area contributed by atoms with Gasteiger partial charge >= 0.3 is 5.97 Å². The lowest BCUT2D eigenvalue weighted by atomic mass is 10.1. The van der Waals surface area contributed by atoms with Crippen LogP contribution in [0.1, 0.15) is 11.3 Å². The Hall–Kier alpha value is -1.77. The number of carbonyl (C=O) groups is 1. The predicted molar refractivity (Wildman–Crippen MR) is 45.5 cm³/mol. The van der Waals surface area contributed by atoms with E-state index in [4.69, 9.17) is 9.52 Å². The Morgan fingerprint density at radius 1 is 1.67 bits per heavy atom. The molecule has 0 aliphatic rings. The van der Waals surface area contributed by atoms with Gasteiger partial charge in [0.1, 0.15) is 5.76 Å². The summed E-state index contributed by atoms with van der Waals surface area (Å²) in [5.74, 6) is -0.828. The lowest BCUT2D eigenvalue weighted by molar-refractivity contribution is -0.130. The Morgan fingerprint density at radius 3 is 2.83 bits per heavy atom. The molecule has 0 unspecified atom stereocenters. The molecule has 1 aromatic rings. The zero-order valence-electron chi connectivity index (χ0n) is 6.41. The lowest BCUT2D eigenvalue weighted by Crippen LogP contribution is -1.97. The molecule has 3 nitrogen and oxygen atoms in total. The van der Waals surface area contributed by atoms with E-state index in [9.17, 15) is 4.79 Å². The fourth-order valence-corrected chi connectivity index (χ4v) is 0.822. The third-order valence-electron chi connectivity index (χ3n) is 1.45. The molecule has 0 amide bonds. The zero-order valence-corrected chi connectivity index (χ0v) is 6.41. The topological polar surface area (TPSA) is 50.4 Å². The molecular formula is C9H8O3. The first-order valence-corrected chi connectivity index (χ1v) is 3.29. The van der Waals surface area contributed by atoms with Crippen LogP contribution in [0.15, 0.2) is 29.9 Å². The van der Waals surface area contributed by atoms with Crippen molar-refractivity contribution in [1.82, 2.24) is 0 Å². The predicted octanol–water partition coefficient (Wildman–Crippen LogP) is 2.02. The number of hydrogen-bond acceptors (Lipinski definition) is 2. The zero-order chi connectivity index (χ0) is 9.14. The summed E-state index contributed by atoms with van der Waals surface area (Å²) in [6.45, 7) is 6.88. The molecule has 0 spiro atoms. The van der Waals surface area contributed by atoms with Crippen LogP contribution in [0, 0.1) is 0 Å². The Morgan fingerprint density at radius 2 is 2.33 bits per heavy atom. The van der Waals surface area contributed by atoms with E-state index in [1.165, 1.54) is 12.3 Å². The van der Waals surface area contributed by atoms with Crippen molar-refractivity contribution in [3.05, 3.63) is 36.8 Å². The maximum absolute atomic E-state index is 10.5. The highest BCUT2D eigenvalue weighted by atomic mass is 16.4. The maximum Gasteiger partial charge on any atom is 0.338 e. The minimum atomic E-state index is -1.09. The Labute approximate surface area is 69.6 Å². The Kier molecular flexibility index (Phi) is 2.14. The Bertz CT molecular complexity index is 333. The van der Waals surface area contributed by atoms with E-state index in [0.717, 1.165) is 0 Å². The van der Waals surface area contributed by atoms with Crippen LogP contribution in [0.3, 0.4) is 0 Å². The average molecular weight is 164 g/mol. The third kappa shape index (κ3) is 1.29. The molecule has 0 fully saturated rings. The van der Waals surface area contributed by atoms with Gasteiger partial charge in [0.15, 0.2) is 0 Å². The van der Waals surface area contributed by atoms with E-state index < -0.39 is 5.97 Å². The smallest absolute Gasteiger partial charge is 0.338 e. The number of aliphatic carboxylic acids is 1. The second kappa shape index (κ2) is 3.09. The minimum absolute atomic E-state index is 0.0603. The number of carboxylic acid groups (broad SMARTS) is 1. The highest BCUT2D eigenvalue weighted by Gasteiger charge is 2.13. The van der Waals surface area contributed by atoms with Gasteiger partial charge in [-0.05, 0) is 6.07 Å². The summed E-state index contributed by atoms with van der Waals surface area (Å²) in [4.78, 5) is 10.5. The van der Waals surface area contributed by atoms with Crippen LogP contribution in [-0.4, -0.2) is 11.1 Å². The average Bonchev–Trinajstić information content (AvgIpc) is 2.49.